The molecule has 0 fully saturated rings. The predicted molar refractivity (Wildman–Crippen MR) is 50.5 cm³/mol. The molecule has 1 aromatic rings. The predicted octanol–water partition coefficient (Wildman–Crippen LogP) is 1.22. The number of furan rings is 1. The average molecular weight is 195 g/mol. The standard InChI is InChI=1S/C10H13NO3/c1-8(12)6-10(13)11(2)7-9-4-3-5-14-9/h3-5H,6-7H2,1-2H3. The first-order valence-corrected chi connectivity index (χ1v) is 4.35. The van der Waals surface area contributed by atoms with Gasteiger partial charge in [0, 0.05) is 7.05 Å². The molecule has 0 atom stereocenters. The van der Waals surface area contributed by atoms with Crippen LogP contribution in [0.3, 0.4) is 0 Å². The molecule has 1 amide bonds. The SMILES string of the molecule is CC(=O)CC(=O)N(C)Cc1ccco1. The molecule has 1 aromatic heterocycles. The lowest BCUT2D eigenvalue weighted by atomic mass is 10.3. The van der Waals surface area contributed by atoms with Crippen molar-refractivity contribution in [3.8, 4) is 0 Å². The third kappa shape index (κ3) is 3.05. The van der Waals surface area contributed by atoms with Crippen LogP contribution in [0, 0.1) is 0 Å². The lowest BCUT2D eigenvalue weighted by molar-refractivity contribution is -0.134. The Morgan fingerprint density at radius 3 is 2.71 bits per heavy atom. The molecule has 4 heteroatoms. The van der Waals surface area contributed by atoms with E-state index in [-0.39, 0.29) is 18.1 Å². The number of Topliss-reactive ketones (excluding diaryl/α,β-unsaturated/α-hetero) is 1. The van der Waals surface area contributed by atoms with E-state index in [2.05, 4.69) is 0 Å². The fraction of sp³-hybridized carbons (Fsp3) is 0.400. The van der Waals surface area contributed by atoms with Gasteiger partial charge in [-0.15, -0.1) is 0 Å². The molecule has 0 aliphatic carbocycles. The van der Waals surface area contributed by atoms with Crippen LogP contribution >= 0.6 is 0 Å². The van der Waals surface area contributed by atoms with E-state index in [4.69, 9.17) is 4.42 Å². The average Bonchev–Trinajstić information content (AvgIpc) is 2.55. The van der Waals surface area contributed by atoms with E-state index in [1.54, 1.807) is 25.4 Å². The number of hydrogen-bond acceptors (Lipinski definition) is 3. The number of carbonyl (C=O) groups excluding carboxylic acids is 2. The largest absolute Gasteiger partial charge is 0.467 e. The summed E-state index contributed by atoms with van der Waals surface area (Å²) in [5, 5.41) is 0. The Bertz CT molecular complexity index is 316. The molecule has 0 spiro atoms. The van der Waals surface area contributed by atoms with Crippen molar-refractivity contribution in [2.75, 3.05) is 7.05 Å². The van der Waals surface area contributed by atoms with Gasteiger partial charge in [0.05, 0.1) is 19.2 Å². The first-order chi connectivity index (χ1) is 6.59. The van der Waals surface area contributed by atoms with Crippen LogP contribution in [0.5, 0.6) is 0 Å². The highest BCUT2D eigenvalue weighted by Crippen LogP contribution is 2.04. The van der Waals surface area contributed by atoms with Crippen LogP contribution in [-0.4, -0.2) is 23.6 Å². The number of carbonyl (C=O) groups is 2. The summed E-state index contributed by atoms with van der Waals surface area (Å²) in [4.78, 5) is 23.5. The number of rotatable bonds is 4. The summed E-state index contributed by atoms with van der Waals surface area (Å²) < 4.78 is 5.08. The van der Waals surface area contributed by atoms with Gasteiger partial charge in [-0.25, -0.2) is 0 Å². The van der Waals surface area contributed by atoms with Crippen molar-refractivity contribution in [1.29, 1.82) is 0 Å². The van der Waals surface area contributed by atoms with Crippen LogP contribution in [0.2, 0.25) is 0 Å². The quantitative estimate of drug-likeness (QED) is 0.679. The molecule has 0 saturated heterocycles. The highest BCUT2D eigenvalue weighted by Gasteiger charge is 2.12. The van der Waals surface area contributed by atoms with E-state index in [0.29, 0.717) is 12.3 Å². The Morgan fingerprint density at radius 2 is 2.21 bits per heavy atom. The van der Waals surface area contributed by atoms with Crippen LogP contribution in [0.4, 0.5) is 0 Å². The molecule has 14 heavy (non-hydrogen) atoms. The summed E-state index contributed by atoms with van der Waals surface area (Å²) in [6.07, 6.45) is 1.51. The third-order valence-corrected chi connectivity index (χ3v) is 1.80. The molecule has 1 rings (SSSR count). The van der Waals surface area contributed by atoms with Crippen LogP contribution in [-0.2, 0) is 16.1 Å². The van der Waals surface area contributed by atoms with E-state index in [9.17, 15) is 9.59 Å². The van der Waals surface area contributed by atoms with Crippen LogP contribution in [0.25, 0.3) is 0 Å². The third-order valence-electron chi connectivity index (χ3n) is 1.80. The van der Waals surface area contributed by atoms with Crippen molar-refractivity contribution in [2.45, 2.75) is 19.9 Å². The highest BCUT2D eigenvalue weighted by atomic mass is 16.3. The minimum absolute atomic E-state index is 0.0444. The molecular formula is C10H13NO3. The van der Waals surface area contributed by atoms with E-state index in [1.165, 1.54) is 11.8 Å². The zero-order valence-electron chi connectivity index (χ0n) is 8.32. The molecule has 0 aliphatic heterocycles. The number of nitrogens with zero attached hydrogens (tertiary/aromatic N) is 1. The molecule has 4 nitrogen and oxygen atoms in total. The highest BCUT2D eigenvalue weighted by molar-refractivity contribution is 5.96. The summed E-state index contributed by atoms with van der Waals surface area (Å²) in [5.74, 6) is 0.402. The number of ketones is 1. The topological polar surface area (TPSA) is 50.5 Å². The summed E-state index contributed by atoms with van der Waals surface area (Å²) >= 11 is 0. The fourth-order valence-corrected chi connectivity index (χ4v) is 1.07. The molecule has 0 N–H and O–H groups in total. The smallest absolute Gasteiger partial charge is 0.230 e. The second-order valence-corrected chi connectivity index (χ2v) is 3.21. The number of hydrogen-bond donors (Lipinski definition) is 0. The summed E-state index contributed by atoms with van der Waals surface area (Å²) in [5.41, 5.74) is 0. The van der Waals surface area contributed by atoms with Crippen molar-refractivity contribution in [3.63, 3.8) is 0 Å². The maximum atomic E-state index is 11.3. The number of amides is 1. The zero-order chi connectivity index (χ0) is 10.6. The molecule has 76 valence electrons. The Hall–Kier alpha value is -1.58. The minimum atomic E-state index is -0.186. The molecule has 0 bridgehead atoms. The van der Waals surface area contributed by atoms with E-state index in [1.807, 2.05) is 0 Å². The first kappa shape index (κ1) is 10.5. The van der Waals surface area contributed by atoms with Crippen molar-refractivity contribution >= 4 is 11.7 Å². The Morgan fingerprint density at radius 1 is 1.50 bits per heavy atom. The molecule has 0 unspecified atom stereocenters. The first-order valence-electron chi connectivity index (χ1n) is 4.35. The summed E-state index contributed by atoms with van der Waals surface area (Å²) in [6, 6.07) is 3.55. The van der Waals surface area contributed by atoms with Crippen LogP contribution in [0.15, 0.2) is 22.8 Å². The van der Waals surface area contributed by atoms with Gasteiger partial charge in [0.2, 0.25) is 5.91 Å². The van der Waals surface area contributed by atoms with E-state index in [0.717, 1.165) is 0 Å². The summed E-state index contributed by atoms with van der Waals surface area (Å²) in [6.45, 7) is 1.80. The monoisotopic (exact) mass is 195 g/mol. The molecule has 0 aliphatic rings. The van der Waals surface area contributed by atoms with Gasteiger partial charge in [0.1, 0.15) is 11.5 Å². The summed E-state index contributed by atoms with van der Waals surface area (Å²) in [7, 11) is 1.65. The van der Waals surface area contributed by atoms with Gasteiger partial charge in [0.15, 0.2) is 0 Å². The molecular weight excluding hydrogens is 182 g/mol. The van der Waals surface area contributed by atoms with Gasteiger partial charge in [0.25, 0.3) is 0 Å². The lowest BCUT2D eigenvalue weighted by Crippen LogP contribution is -2.27. The lowest BCUT2D eigenvalue weighted by Gasteiger charge is -2.14. The maximum absolute atomic E-state index is 11.3. The Kier molecular flexibility index (Phi) is 3.45. The van der Waals surface area contributed by atoms with Gasteiger partial charge >= 0.3 is 0 Å². The normalized spacial score (nSPS) is 9.86. The van der Waals surface area contributed by atoms with Crippen LogP contribution in [0.1, 0.15) is 19.1 Å². The Labute approximate surface area is 82.5 Å². The van der Waals surface area contributed by atoms with Crippen LogP contribution < -0.4 is 0 Å². The van der Waals surface area contributed by atoms with E-state index >= 15 is 0 Å². The second kappa shape index (κ2) is 4.60. The van der Waals surface area contributed by atoms with E-state index < -0.39 is 0 Å². The van der Waals surface area contributed by atoms with Gasteiger partial charge in [-0.3, -0.25) is 9.59 Å². The van der Waals surface area contributed by atoms with Gasteiger partial charge in [-0.1, -0.05) is 0 Å². The maximum Gasteiger partial charge on any atom is 0.230 e. The minimum Gasteiger partial charge on any atom is -0.467 e. The van der Waals surface area contributed by atoms with Gasteiger partial charge in [-0.2, -0.15) is 0 Å². The molecule has 0 radical (unpaired) electrons. The second-order valence-electron chi connectivity index (χ2n) is 3.21. The van der Waals surface area contributed by atoms with Crippen molar-refractivity contribution < 1.29 is 14.0 Å². The van der Waals surface area contributed by atoms with Gasteiger partial charge in [-0.05, 0) is 19.1 Å². The molecule has 1 heterocycles. The van der Waals surface area contributed by atoms with Gasteiger partial charge < -0.3 is 9.32 Å². The van der Waals surface area contributed by atoms with Crippen molar-refractivity contribution in [1.82, 2.24) is 4.90 Å². The fourth-order valence-electron chi connectivity index (χ4n) is 1.07. The van der Waals surface area contributed by atoms with Crippen molar-refractivity contribution in [2.24, 2.45) is 0 Å². The Balaban J connectivity index is 2.46. The molecule has 0 aromatic carbocycles. The van der Waals surface area contributed by atoms with Crippen molar-refractivity contribution in [3.05, 3.63) is 24.2 Å². The molecule has 0 saturated carbocycles. The zero-order valence-corrected chi connectivity index (χ0v) is 8.32.